The normalized spacial score (nSPS) is 12.6. The summed E-state index contributed by atoms with van der Waals surface area (Å²) in [5, 5.41) is 6.01. The first-order valence-corrected chi connectivity index (χ1v) is 10.8. The average Bonchev–Trinajstić information content (AvgIpc) is 2.69. The molecule has 0 aliphatic carbocycles. The topological polar surface area (TPSA) is 70.6 Å². The van der Waals surface area contributed by atoms with Gasteiger partial charge in [-0.15, -0.1) is 0 Å². The highest BCUT2D eigenvalue weighted by Crippen LogP contribution is 2.29. The second-order valence-corrected chi connectivity index (χ2v) is 8.41. The molecular weight excluding hydrogens is 403 g/mol. The fraction of sp³-hybridized carbons (Fsp3) is 0.350. The molecule has 158 valence electrons. The Morgan fingerprint density at radius 3 is 2.41 bits per heavy atom. The van der Waals surface area contributed by atoms with E-state index in [1.807, 2.05) is 6.92 Å². The first-order chi connectivity index (χ1) is 13.7. The van der Waals surface area contributed by atoms with Crippen LogP contribution in [0.2, 0.25) is 0 Å². The van der Waals surface area contributed by atoms with Crippen molar-refractivity contribution in [3.05, 3.63) is 65.7 Å². The van der Waals surface area contributed by atoms with Crippen LogP contribution in [0.5, 0.6) is 0 Å². The molecule has 0 radical (unpaired) electrons. The summed E-state index contributed by atoms with van der Waals surface area (Å²) in [6.07, 6.45) is -4.03. The van der Waals surface area contributed by atoms with Gasteiger partial charge in [-0.1, -0.05) is 30.3 Å². The van der Waals surface area contributed by atoms with Crippen molar-refractivity contribution in [3.63, 3.8) is 0 Å². The van der Waals surface area contributed by atoms with Crippen molar-refractivity contribution >= 4 is 15.8 Å². The molecule has 2 rings (SSSR count). The standard InChI is InChI=1S/C20H24F3N3O2S/c1-2-24-19(26-15-16-8-6-9-17(14-16)20(21,22)23)25-12-7-13-29(27,28)18-10-4-3-5-11-18/h3-6,8-11,14H,2,7,12-13,15H2,1H3,(H2,24,25,26). The lowest BCUT2D eigenvalue weighted by Crippen LogP contribution is -2.38. The molecule has 0 bridgehead atoms. The number of sulfone groups is 1. The zero-order chi connectivity index (χ0) is 21.3. The SMILES string of the molecule is CCNC(=NCc1cccc(C(F)(F)F)c1)NCCCS(=O)(=O)c1ccccc1. The van der Waals surface area contributed by atoms with Gasteiger partial charge < -0.3 is 10.6 Å². The zero-order valence-corrected chi connectivity index (χ0v) is 16.9. The van der Waals surface area contributed by atoms with Crippen LogP contribution in [0.25, 0.3) is 0 Å². The molecule has 0 atom stereocenters. The van der Waals surface area contributed by atoms with Crippen LogP contribution in [0.4, 0.5) is 13.2 Å². The Bertz CT molecular complexity index is 914. The number of halogens is 3. The maximum Gasteiger partial charge on any atom is 0.416 e. The number of aliphatic imine (C=N–C) groups is 1. The molecule has 2 aromatic carbocycles. The largest absolute Gasteiger partial charge is 0.416 e. The molecule has 2 N–H and O–H groups in total. The first kappa shape index (κ1) is 22.7. The molecule has 0 fully saturated rings. The van der Waals surface area contributed by atoms with Gasteiger partial charge in [0.05, 0.1) is 22.8 Å². The van der Waals surface area contributed by atoms with E-state index >= 15 is 0 Å². The third-order valence-electron chi connectivity index (χ3n) is 4.00. The fourth-order valence-corrected chi connectivity index (χ4v) is 3.90. The Labute approximate surface area is 169 Å². The molecule has 0 saturated heterocycles. The van der Waals surface area contributed by atoms with Crippen LogP contribution in [0, 0.1) is 0 Å². The van der Waals surface area contributed by atoms with Gasteiger partial charge in [-0.25, -0.2) is 13.4 Å². The molecule has 2 aromatic rings. The van der Waals surface area contributed by atoms with Gasteiger partial charge in [0.25, 0.3) is 0 Å². The summed E-state index contributed by atoms with van der Waals surface area (Å²) in [6, 6.07) is 13.2. The van der Waals surface area contributed by atoms with Crippen LogP contribution in [0.3, 0.4) is 0 Å². The summed E-state index contributed by atoms with van der Waals surface area (Å²) in [5.41, 5.74) is -0.280. The minimum Gasteiger partial charge on any atom is -0.357 e. The number of alkyl halides is 3. The lowest BCUT2D eigenvalue weighted by molar-refractivity contribution is -0.137. The summed E-state index contributed by atoms with van der Waals surface area (Å²) in [7, 11) is -3.35. The van der Waals surface area contributed by atoms with Crippen molar-refractivity contribution in [1.29, 1.82) is 0 Å². The molecule has 9 heteroatoms. The summed E-state index contributed by atoms with van der Waals surface area (Å²) in [5.74, 6) is 0.402. The Balaban J connectivity index is 1.91. The van der Waals surface area contributed by atoms with Crippen LogP contribution < -0.4 is 10.6 Å². The second kappa shape index (κ2) is 10.3. The maximum atomic E-state index is 12.8. The molecule has 0 heterocycles. The van der Waals surface area contributed by atoms with Crippen LogP contribution in [-0.2, 0) is 22.6 Å². The van der Waals surface area contributed by atoms with Gasteiger partial charge in [-0.05, 0) is 43.2 Å². The van der Waals surface area contributed by atoms with Crippen molar-refractivity contribution in [2.45, 2.75) is 31.0 Å². The molecule has 29 heavy (non-hydrogen) atoms. The van der Waals surface area contributed by atoms with Gasteiger partial charge in [-0.2, -0.15) is 13.2 Å². The van der Waals surface area contributed by atoms with Crippen LogP contribution in [0.15, 0.2) is 64.5 Å². The van der Waals surface area contributed by atoms with Gasteiger partial charge in [0.15, 0.2) is 15.8 Å². The highest BCUT2D eigenvalue weighted by atomic mass is 32.2. The Hall–Kier alpha value is -2.55. The number of hydrogen-bond donors (Lipinski definition) is 2. The van der Waals surface area contributed by atoms with Crippen LogP contribution in [-0.4, -0.2) is 33.2 Å². The molecule has 0 saturated carbocycles. The molecule has 0 aliphatic heterocycles. The van der Waals surface area contributed by atoms with Crippen molar-refractivity contribution < 1.29 is 21.6 Å². The lowest BCUT2D eigenvalue weighted by Gasteiger charge is -2.12. The van der Waals surface area contributed by atoms with E-state index in [1.54, 1.807) is 36.4 Å². The number of nitrogens with zero attached hydrogens (tertiary/aromatic N) is 1. The van der Waals surface area contributed by atoms with Gasteiger partial charge in [0, 0.05) is 13.1 Å². The van der Waals surface area contributed by atoms with Crippen molar-refractivity contribution in [2.24, 2.45) is 4.99 Å². The number of guanidine groups is 1. The third-order valence-corrected chi connectivity index (χ3v) is 5.82. The molecule has 0 aromatic heterocycles. The number of hydrogen-bond acceptors (Lipinski definition) is 3. The Morgan fingerprint density at radius 1 is 1.03 bits per heavy atom. The quantitative estimate of drug-likeness (QED) is 0.384. The molecule has 0 aliphatic rings. The van der Waals surface area contributed by atoms with Crippen LogP contribution in [0.1, 0.15) is 24.5 Å². The van der Waals surface area contributed by atoms with Gasteiger partial charge in [-0.3, -0.25) is 0 Å². The number of nitrogens with one attached hydrogen (secondary N) is 2. The molecule has 5 nitrogen and oxygen atoms in total. The average molecular weight is 427 g/mol. The lowest BCUT2D eigenvalue weighted by atomic mass is 10.1. The van der Waals surface area contributed by atoms with Gasteiger partial charge >= 0.3 is 6.18 Å². The first-order valence-electron chi connectivity index (χ1n) is 9.18. The summed E-state index contributed by atoms with van der Waals surface area (Å²) in [6.45, 7) is 2.86. The Morgan fingerprint density at radius 2 is 1.76 bits per heavy atom. The van der Waals surface area contributed by atoms with Crippen molar-refractivity contribution in [2.75, 3.05) is 18.8 Å². The molecule has 0 unspecified atom stereocenters. The van der Waals surface area contributed by atoms with Gasteiger partial charge in [0.2, 0.25) is 0 Å². The predicted octanol–water partition coefficient (Wildman–Crippen LogP) is 3.62. The minimum atomic E-state index is -4.40. The second-order valence-electron chi connectivity index (χ2n) is 6.31. The Kier molecular flexibility index (Phi) is 8.07. The highest BCUT2D eigenvalue weighted by molar-refractivity contribution is 7.91. The predicted molar refractivity (Wildman–Crippen MR) is 107 cm³/mol. The molecule has 0 amide bonds. The molecular formula is C20H24F3N3O2S. The maximum absolute atomic E-state index is 12.8. The number of rotatable bonds is 8. The fourth-order valence-electron chi connectivity index (χ4n) is 2.57. The monoisotopic (exact) mass is 427 g/mol. The molecule has 0 spiro atoms. The zero-order valence-electron chi connectivity index (χ0n) is 16.0. The summed E-state index contributed by atoms with van der Waals surface area (Å²) < 4.78 is 62.9. The van der Waals surface area contributed by atoms with E-state index in [0.717, 1.165) is 12.1 Å². The van der Waals surface area contributed by atoms with E-state index in [4.69, 9.17) is 0 Å². The van der Waals surface area contributed by atoms with Gasteiger partial charge in [0.1, 0.15) is 0 Å². The van der Waals surface area contributed by atoms with E-state index in [2.05, 4.69) is 15.6 Å². The third kappa shape index (κ3) is 7.41. The van der Waals surface area contributed by atoms with E-state index in [0.29, 0.717) is 31.0 Å². The highest BCUT2D eigenvalue weighted by Gasteiger charge is 2.30. The van der Waals surface area contributed by atoms with E-state index in [9.17, 15) is 21.6 Å². The number of benzene rings is 2. The van der Waals surface area contributed by atoms with Crippen molar-refractivity contribution in [3.8, 4) is 0 Å². The summed E-state index contributed by atoms with van der Waals surface area (Å²) >= 11 is 0. The van der Waals surface area contributed by atoms with E-state index in [-0.39, 0.29) is 17.2 Å². The van der Waals surface area contributed by atoms with E-state index in [1.165, 1.54) is 6.07 Å². The summed E-state index contributed by atoms with van der Waals surface area (Å²) in [4.78, 5) is 4.56. The van der Waals surface area contributed by atoms with E-state index < -0.39 is 21.6 Å². The minimum absolute atomic E-state index is 0.0168. The van der Waals surface area contributed by atoms with Crippen molar-refractivity contribution in [1.82, 2.24) is 10.6 Å². The van der Waals surface area contributed by atoms with Crippen LogP contribution >= 0.6 is 0 Å². The smallest absolute Gasteiger partial charge is 0.357 e.